The van der Waals surface area contributed by atoms with E-state index in [4.69, 9.17) is 19.5 Å². The summed E-state index contributed by atoms with van der Waals surface area (Å²) in [6.07, 6.45) is 0. The maximum atomic E-state index is 9.50. The van der Waals surface area contributed by atoms with Crippen LogP contribution < -0.4 is 0 Å². The van der Waals surface area contributed by atoms with Gasteiger partial charge in [0, 0.05) is 10.8 Å². The van der Waals surface area contributed by atoms with Crippen molar-refractivity contribution in [2.75, 3.05) is 0 Å². The van der Waals surface area contributed by atoms with Gasteiger partial charge in [-0.1, -0.05) is 151 Å². The highest BCUT2D eigenvalue weighted by molar-refractivity contribution is 6.26. The van der Waals surface area contributed by atoms with E-state index in [2.05, 4.69) is 0 Å². The van der Waals surface area contributed by atoms with Gasteiger partial charge in [0.1, 0.15) is 11.2 Å². The zero-order chi connectivity index (χ0) is 44.5. The molecule has 0 atom stereocenters. The molecule has 1 nitrogen and oxygen atoms in total. The fourth-order valence-corrected chi connectivity index (χ4v) is 5.92. The fraction of sp³-hybridized carbons (Fsp3) is 0. The lowest BCUT2D eigenvalue weighted by Crippen LogP contribution is -1.92. The molecule has 0 spiro atoms. The predicted molar refractivity (Wildman–Crippen MR) is 190 cm³/mol. The van der Waals surface area contributed by atoms with Gasteiger partial charge in [0.25, 0.3) is 0 Å². The minimum atomic E-state index is -0.752. The number of furan rings is 1. The molecular weight excluding hydrogens is 544 g/mol. The summed E-state index contributed by atoms with van der Waals surface area (Å²) in [6.45, 7) is 0. The van der Waals surface area contributed by atoms with Crippen LogP contribution in [0.2, 0.25) is 0 Å². The van der Waals surface area contributed by atoms with Gasteiger partial charge in [0.2, 0.25) is 0 Å². The van der Waals surface area contributed by atoms with Crippen molar-refractivity contribution in [3.05, 3.63) is 169 Å². The summed E-state index contributed by atoms with van der Waals surface area (Å²) < 4.78 is 160. The fourth-order valence-electron chi connectivity index (χ4n) is 5.92. The maximum Gasteiger partial charge on any atom is 0.136 e. The third-order valence-electron chi connectivity index (χ3n) is 7.85. The molecule has 0 saturated heterocycles. The van der Waals surface area contributed by atoms with Crippen LogP contribution in [0.3, 0.4) is 0 Å². The van der Waals surface area contributed by atoms with Crippen molar-refractivity contribution in [2.24, 2.45) is 0 Å². The van der Waals surface area contributed by atoms with E-state index >= 15 is 0 Å². The Labute approximate surface area is 285 Å². The molecule has 0 aliphatic heterocycles. The molecule has 8 aromatic carbocycles. The summed E-state index contributed by atoms with van der Waals surface area (Å²) >= 11 is 0. The lowest BCUT2D eigenvalue weighted by molar-refractivity contribution is 0.669. The number of rotatable bonds is 4. The van der Waals surface area contributed by atoms with E-state index in [9.17, 15) is 8.22 Å². The Kier molecular flexibility index (Phi) is 3.18. The standard InChI is InChI=1S/C44H28O/c1-3-13-29(14-4-1)31-23-25-32(26-24-31)42-34-17-7-9-19-36(34)43(37-20-10-8-18-35(37)42)39-27-33(30-15-5-2-6-16-30)28-41-44(39)38-21-11-12-22-40(38)45-41/h1-28H/i2D,5D,6D,7D,8D,9D,10D,15D,16D,17D,18D,19D,20D,23D,24D,25D,26D. The monoisotopic (exact) mass is 589 g/mol. The van der Waals surface area contributed by atoms with Crippen molar-refractivity contribution in [1.29, 1.82) is 0 Å². The number of hydrogen-bond donors (Lipinski definition) is 0. The quantitative estimate of drug-likeness (QED) is 0.186. The molecule has 0 amide bonds. The molecule has 9 aromatic rings. The van der Waals surface area contributed by atoms with Crippen molar-refractivity contribution in [3.63, 3.8) is 0 Å². The number of fused-ring (bicyclic) bond motifs is 5. The van der Waals surface area contributed by atoms with Crippen molar-refractivity contribution in [3.8, 4) is 44.5 Å². The molecule has 210 valence electrons. The summed E-state index contributed by atoms with van der Waals surface area (Å²) in [6, 6.07) is 6.91. The summed E-state index contributed by atoms with van der Waals surface area (Å²) in [5, 5.41) is -0.594. The van der Waals surface area contributed by atoms with Crippen LogP contribution in [0.15, 0.2) is 174 Å². The van der Waals surface area contributed by atoms with Gasteiger partial charge in [-0.3, -0.25) is 0 Å². The minimum absolute atomic E-state index is 0.0201. The second kappa shape index (κ2) is 10.4. The summed E-state index contributed by atoms with van der Waals surface area (Å²) in [7, 11) is 0. The first-order valence-electron chi connectivity index (χ1n) is 22.6. The molecule has 0 radical (unpaired) electrons. The molecule has 0 N–H and O–H groups in total. The van der Waals surface area contributed by atoms with Gasteiger partial charge in [-0.2, -0.15) is 0 Å². The van der Waals surface area contributed by atoms with Crippen LogP contribution in [-0.2, 0) is 0 Å². The zero-order valence-electron chi connectivity index (χ0n) is 40.3. The highest BCUT2D eigenvalue weighted by Crippen LogP contribution is 2.48. The lowest BCUT2D eigenvalue weighted by Gasteiger charge is -2.19. The minimum Gasteiger partial charge on any atom is -0.456 e. The van der Waals surface area contributed by atoms with E-state index in [0.29, 0.717) is 21.9 Å². The van der Waals surface area contributed by atoms with Crippen LogP contribution >= 0.6 is 0 Å². The van der Waals surface area contributed by atoms with Crippen LogP contribution in [0.25, 0.3) is 88.0 Å². The van der Waals surface area contributed by atoms with E-state index in [1.807, 2.05) is 0 Å². The third kappa shape index (κ3) is 4.17. The van der Waals surface area contributed by atoms with Gasteiger partial charge >= 0.3 is 0 Å². The Morgan fingerprint density at radius 1 is 0.378 bits per heavy atom. The van der Waals surface area contributed by atoms with E-state index in [-0.39, 0.29) is 60.5 Å². The van der Waals surface area contributed by atoms with Crippen molar-refractivity contribution < 1.29 is 27.7 Å². The number of benzene rings is 8. The summed E-state index contributed by atoms with van der Waals surface area (Å²) in [4.78, 5) is 0. The Balaban J connectivity index is 1.60. The first kappa shape index (κ1) is 13.8. The number of hydrogen-bond acceptors (Lipinski definition) is 1. The van der Waals surface area contributed by atoms with E-state index in [1.54, 1.807) is 54.6 Å². The van der Waals surface area contributed by atoms with E-state index in [1.165, 1.54) is 12.1 Å². The Hall–Kier alpha value is -5.92. The first-order valence-corrected chi connectivity index (χ1v) is 14.1. The zero-order valence-corrected chi connectivity index (χ0v) is 23.3. The topological polar surface area (TPSA) is 13.1 Å². The normalized spacial score (nSPS) is 16.8. The molecule has 0 saturated carbocycles. The van der Waals surface area contributed by atoms with Crippen LogP contribution in [0.5, 0.6) is 0 Å². The van der Waals surface area contributed by atoms with Gasteiger partial charge in [-0.25, -0.2) is 0 Å². The molecule has 9 rings (SSSR count). The second-order valence-corrected chi connectivity index (χ2v) is 10.4. The average molecular weight is 590 g/mol. The van der Waals surface area contributed by atoms with Crippen LogP contribution in [0.4, 0.5) is 0 Å². The predicted octanol–water partition coefficient (Wildman–Crippen LogP) is 12.6. The highest BCUT2D eigenvalue weighted by Gasteiger charge is 2.21. The molecule has 0 aliphatic carbocycles. The molecule has 1 heterocycles. The molecule has 0 aliphatic rings. The van der Waals surface area contributed by atoms with E-state index in [0.717, 1.165) is 0 Å². The Morgan fingerprint density at radius 2 is 0.933 bits per heavy atom. The Bertz CT molecular complexity index is 3350. The van der Waals surface area contributed by atoms with Gasteiger partial charge in [-0.05, 0) is 84.3 Å². The van der Waals surface area contributed by atoms with Crippen LogP contribution in [-0.4, -0.2) is 0 Å². The van der Waals surface area contributed by atoms with Crippen LogP contribution in [0.1, 0.15) is 23.3 Å². The van der Waals surface area contributed by atoms with Gasteiger partial charge in [0.05, 0.1) is 23.3 Å². The summed E-state index contributed by atoms with van der Waals surface area (Å²) in [5.41, 5.74) is -0.455. The van der Waals surface area contributed by atoms with Crippen molar-refractivity contribution in [1.82, 2.24) is 0 Å². The smallest absolute Gasteiger partial charge is 0.136 e. The summed E-state index contributed by atoms with van der Waals surface area (Å²) in [5.74, 6) is 0. The Morgan fingerprint density at radius 3 is 1.62 bits per heavy atom. The molecular formula is C44H28O. The maximum absolute atomic E-state index is 9.50. The van der Waals surface area contributed by atoms with Crippen molar-refractivity contribution in [2.45, 2.75) is 0 Å². The SMILES string of the molecule is [2H]c1c([2H])c([2H])c(-c2cc(-c3c4c([2H])c([2H])c([2H])c([2H])c4c(-c4c([2H])c([2H])c(-c5ccccc5)c([2H])c4[2H])c4c([2H])c([2H])c([2H])c([2H])c34)c3c(c2)oc2ccccc23)c([2H])c1[2H]. The lowest BCUT2D eigenvalue weighted by atomic mass is 9.84. The largest absolute Gasteiger partial charge is 0.456 e. The molecule has 0 fully saturated rings. The average Bonchev–Trinajstić information content (AvgIpc) is 3.65. The third-order valence-corrected chi connectivity index (χ3v) is 7.85. The second-order valence-electron chi connectivity index (χ2n) is 10.4. The van der Waals surface area contributed by atoms with Crippen molar-refractivity contribution >= 4 is 43.5 Å². The van der Waals surface area contributed by atoms with Crippen LogP contribution in [0, 0.1) is 0 Å². The molecule has 1 heteroatoms. The van der Waals surface area contributed by atoms with Gasteiger partial charge in [-0.15, -0.1) is 0 Å². The van der Waals surface area contributed by atoms with Gasteiger partial charge < -0.3 is 4.42 Å². The molecule has 45 heavy (non-hydrogen) atoms. The molecule has 0 bridgehead atoms. The first-order chi connectivity index (χ1) is 29.4. The molecule has 0 unspecified atom stereocenters. The highest BCUT2D eigenvalue weighted by atomic mass is 16.3. The molecule has 1 aromatic heterocycles. The number of para-hydroxylation sites is 1. The van der Waals surface area contributed by atoms with E-state index < -0.39 is 108 Å². The van der Waals surface area contributed by atoms with Gasteiger partial charge in [0.15, 0.2) is 0 Å².